The zero-order chi connectivity index (χ0) is 15.9. The maximum atomic E-state index is 12.5. The van der Waals surface area contributed by atoms with Crippen LogP contribution in [0.3, 0.4) is 0 Å². The molecular formula is C15H13ClN2O4. The lowest BCUT2D eigenvalue weighted by molar-refractivity contribution is 0.0680. The van der Waals surface area contributed by atoms with E-state index in [1.165, 1.54) is 9.47 Å². The lowest BCUT2D eigenvalue weighted by atomic mass is 10.1. The van der Waals surface area contributed by atoms with Gasteiger partial charge in [0.25, 0.3) is 11.5 Å². The van der Waals surface area contributed by atoms with Crippen molar-refractivity contribution in [3.05, 3.63) is 57.0 Å². The quantitative estimate of drug-likeness (QED) is 0.880. The van der Waals surface area contributed by atoms with Crippen molar-refractivity contribution in [2.75, 3.05) is 6.54 Å². The van der Waals surface area contributed by atoms with Gasteiger partial charge in [0.2, 0.25) is 0 Å². The predicted molar refractivity (Wildman–Crippen MR) is 80.2 cm³/mol. The summed E-state index contributed by atoms with van der Waals surface area (Å²) in [5, 5.41) is 20.0. The Kier molecular flexibility index (Phi) is 3.54. The van der Waals surface area contributed by atoms with Crippen LogP contribution in [0.2, 0.25) is 5.02 Å². The van der Waals surface area contributed by atoms with Gasteiger partial charge in [0.05, 0.1) is 0 Å². The highest BCUT2D eigenvalue weighted by Gasteiger charge is 2.30. The second-order valence-corrected chi connectivity index (χ2v) is 5.51. The molecule has 7 heteroatoms. The smallest absolute Gasteiger partial charge is 0.274 e. The highest BCUT2D eigenvalue weighted by atomic mass is 35.5. The SMILES string of the molecule is O=C1c2c(O)c(O)cc(=O)n2CCN1Cc1ccc(Cl)cc1. The maximum absolute atomic E-state index is 12.5. The Balaban J connectivity index is 1.94. The van der Waals surface area contributed by atoms with Gasteiger partial charge in [-0.25, -0.2) is 0 Å². The van der Waals surface area contributed by atoms with E-state index in [4.69, 9.17) is 11.6 Å². The van der Waals surface area contributed by atoms with Gasteiger partial charge < -0.3 is 15.1 Å². The van der Waals surface area contributed by atoms with Crippen LogP contribution in [0.4, 0.5) is 0 Å². The van der Waals surface area contributed by atoms with Crippen molar-refractivity contribution in [1.82, 2.24) is 9.47 Å². The Hall–Kier alpha value is -2.47. The van der Waals surface area contributed by atoms with E-state index >= 15 is 0 Å². The van der Waals surface area contributed by atoms with Crippen LogP contribution >= 0.6 is 11.6 Å². The molecule has 6 nitrogen and oxygen atoms in total. The molecule has 3 rings (SSSR count). The lowest BCUT2D eigenvalue weighted by Crippen LogP contribution is -2.43. The number of aromatic hydroxyl groups is 2. The highest BCUT2D eigenvalue weighted by Crippen LogP contribution is 2.29. The molecule has 1 amide bonds. The fraction of sp³-hybridized carbons (Fsp3) is 0.200. The first-order chi connectivity index (χ1) is 10.5. The van der Waals surface area contributed by atoms with Crippen LogP contribution in [0.1, 0.15) is 16.1 Å². The molecule has 0 saturated heterocycles. The van der Waals surface area contributed by atoms with Crippen molar-refractivity contribution in [2.24, 2.45) is 0 Å². The van der Waals surface area contributed by atoms with Crippen LogP contribution in [0.25, 0.3) is 0 Å². The number of carbonyl (C=O) groups is 1. The number of carbonyl (C=O) groups excluding carboxylic acids is 1. The lowest BCUT2D eigenvalue weighted by Gasteiger charge is -2.30. The van der Waals surface area contributed by atoms with Gasteiger partial charge in [-0.05, 0) is 17.7 Å². The summed E-state index contributed by atoms with van der Waals surface area (Å²) in [4.78, 5) is 25.8. The Morgan fingerprint density at radius 2 is 1.77 bits per heavy atom. The molecule has 0 spiro atoms. The first kappa shape index (κ1) is 14.5. The third-order valence-electron chi connectivity index (χ3n) is 3.63. The number of hydrogen-bond acceptors (Lipinski definition) is 4. The molecule has 0 aliphatic carbocycles. The van der Waals surface area contributed by atoms with Gasteiger partial charge in [0.1, 0.15) is 0 Å². The zero-order valence-corrected chi connectivity index (χ0v) is 12.2. The third kappa shape index (κ3) is 2.42. The molecule has 0 fully saturated rings. The molecule has 1 aliphatic rings. The van der Waals surface area contributed by atoms with Gasteiger partial charge in [-0.1, -0.05) is 23.7 Å². The van der Waals surface area contributed by atoms with E-state index in [1.54, 1.807) is 24.3 Å². The number of amides is 1. The van der Waals surface area contributed by atoms with Crippen molar-refractivity contribution < 1.29 is 15.0 Å². The monoisotopic (exact) mass is 320 g/mol. The molecule has 0 bridgehead atoms. The third-order valence-corrected chi connectivity index (χ3v) is 3.89. The molecule has 1 aliphatic heterocycles. The minimum Gasteiger partial charge on any atom is -0.504 e. The summed E-state index contributed by atoms with van der Waals surface area (Å²) in [5.74, 6) is -1.64. The second kappa shape index (κ2) is 5.38. The Labute approximate surface area is 130 Å². The van der Waals surface area contributed by atoms with Crippen LogP contribution in [-0.2, 0) is 13.1 Å². The van der Waals surface area contributed by atoms with Gasteiger partial charge in [0.15, 0.2) is 17.2 Å². The number of pyridine rings is 1. The van der Waals surface area contributed by atoms with E-state index in [0.29, 0.717) is 18.1 Å². The Morgan fingerprint density at radius 3 is 2.45 bits per heavy atom. The number of halogens is 1. The summed E-state index contributed by atoms with van der Waals surface area (Å²) in [7, 11) is 0. The van der Waals surface area contributed by atoms with Crippen LogP contribution in [0.5, 0.6) is 11.5 Å². The number of benzene rings is 1. The van der Waals surface area contributed by atoms with E-state index in [-0.39, 0.29) is 12.2 Å². The van der Waals surface area contributed by atoms with Gasteiger partial charge >= 0.3 is 0 Å². The largest absolute Gasteiger partial charge is 0.504 e. The normalized spacial score (nSPS) is 14.0. The summed E-state index contributed by atoms with van der Waals surface area (Å²) >= 11 is 5.83. The maximum Gasteiger partial charge on any atom is 0.274 e. The van der Waals surface area contributed by atoms with Crippen molar-refractivity contribution in [3.63, 3.8) is 0 Å². The molecule has 22 heavy (non-hydrogen) atoms. The molecule has 1 aromatic carbocycles. The van der Waals surface area contributed by atoms with E-state index in [2.05, 4.69) is 0 Å². The van der Waals surface area contributed by atoms with Crippen molar-refractivity contribution >= 4 is 17.5 Å². The van der Waals surface area contributed by atoms with Crippen LogP contribution in [0, 0.1) is 0 Å². The first-order valence-corrected chi connectivity index (χ1v) is 7.04. The molecule has 114 valence electrons. The number of rotatable bonds is 2. The van der Waals surface area contributed by atoms with Gasteiger partial charge in [-0.2, -0.15) is 0 Å². The van der Waals surface area contributed by atoms with Crippen LogP contribution < -0.4 is 5.56 Å². The van der Waals surface area contributed by atoms with Crippen molar-refractivity contribution in [3.8, 4) is 11.5 Å². The highest BCUT2D eigenvalue weighted by molar-refractivity contribution is 6.30. The summed E-state index contributed by atoms with van der Waals surface area (Å²) in [6, 6.07) is 7.97. The van der Waals surface area contributed by atoms with Crippen LogP contribution in [-0.4, -0.2) is 32.1 Å². The van der Waals surface area contributed by atoms with E-state index in [1.807, 2.05) is 0 Å². The molecular weight excluding hydrogens is 308 g/mol. The molecule has 0 atom stereocenters. The molecule has 1 aromatic heterocycles. The zero-order valence-electron chi connectivity index (χ0n) is 11.5. The van der Waals surface area contributed by atoms with Gasteiger partial charge in [-0.3, -0.25) is 14.2 Å². The van der Waals surface area contributed by atoms with E-state index in [0.717, 1.165) is 11.6 Å². The second-order valence-electron chi connectivity index (χ2n) is 5.07. The van der Waals surface area contributed by atoms with E-state index < -0.39 is 23.0 Å². The van der Waals surface area contributed by atoms with Gasteiger partial charge in [-0.15, -0.1) is 0 Å². The van der Waals surface area contributed by atoms with Gasteiger partial charge in [0, 0.05) is 30.7 Å². The number of fused-ring (bicyclic) bond motifs is 1. The van der Waals surface area contributed by atoms with Crippen LogP contribution in [0.15, 0.2) is 35.1 Å². The van der Waals surface area contributed by atoms with E-state index in [9.17, 15) is 19.8 Å². The predicted octanol–water partition coefficient (Wildman–Crippen LogP) is 1.57. The standard InChI is InChI=1S/C15H13ClN2O4/c16-10-3-1-9(2-4-10)8-17-5-6-18-12(20)7-11(19)14(21)13(18)15(17)22/h1-4,7,19,21H,5-6,8H2. The van der Waals surface area contributed by atoms with Crippen molar-refractivity contribution in [1.29, 1.82) is 0 Å². The van der Waals surface area contributed by atoms with Crippen molar-refractivity contribution in [2.45, 2.75) is 13.1 Å². The summed E-state index contributed by atoms with van der Waals surface area (Å²) < 4.78 is 1.18. The summed E-state index contributed by atoms with van der Waals surface area (Å²) in [6.07, 6.45) is 0. The first-order valence-electron chi connectivity index (χ1n) is 6.67. The molecule has 0 unspecified atom stereocenters. The molecule has 2 N–H and O–H groups in total. The number of aromatic nitrogens is 1. The summed E-state index contributed by atoms with van der Waals surface area (Å²) in [6.45, 7) is 0.944. The average molecular weight is 321 g/mol. The molecule has 0 radical (unpaired) electrons. The average Bonchev–Trinajstić information content (AvgIpc) is 2.49. The molecule has 2 heterocycles. The fourth-order valence-corrected chi connectivity index (χ4v) is 2.62. The number of hydrogen-bond donors (Lipinski definition) is 2. The number of nitrogens with zero attached hydrogens (tertiary/aromatic N) is 2. The minimum absolute atomic E-state index is 0.176. The Bertz CT molecular complexity index is 798. The molecule has 2 aromatic rings. The Morgan fingerprint density at radius 1 is 1.09 bits per heavy atom. The fourth-order valence-electron chi connectivity index (χ4n) is 2.49. The summed E-state index contributed by atoms with van der Waals surface area (Å²) in [5.41, 5.74) is 0.197. The molecule has 0 saturated carbocycles. The minimum atomic E-state index is -0.585. The topological polar surface area (TPSA) is 82.8 Å².